The van der Waals surface area contributed by atoms with Crippen LogP contribution in [-0.4, -0.2) is 26.3 Å². The Balaban J connectivity index is 1.46. The summed E-state index contributed by atoms with van der Waals surface area (Å²) >= 11 is 0. The van der Waals surface area contributed by atoms with Crippen LogP contribution in [0.15, 0.2) is 113 Å². The van der Waals surface area contributed by atoms with E-state index in [4.69, 9.17) is 0 Å². The van der Waals surface area contributed by atoms with Crippen molar-refractivity contribution in [2.24, 2.45) is 5.10 Å². The zero-order valence-electron chi connectivity index (χ0n) is 22.8. The number of anilines is 1. The molecule has 0 saturated heterocycles. The van der Waals surface area contributed by atoms with Gasteiger partial charge in [0.15, 0.2) is 5.82 Å². The van der Waals surface area contributed by atoms with E-state index < -0.39 is 17.3 Å². The highest BCUT2D eigenvalue weighted by molar-refractivity contribution is 6.02. The lowest BCUT2D eigenvalue weighted by molar-refractivity contribution is -0.137. The number of halogens is 3. The van der Waals surface area contributed by atoms with E-state index in [-0.39, 0.29) is 29.2 Å². The van der Waals surface area contributed by atoms with Gasteiger partial charge in [-0.25, -0.2) is 4.98 Å². The molecule has 0 fully saturated rings. The third-order valence-electron chi connectivity index (χ3n) is 7.14. The molecule has 0 spiro atoms. The molecule has 4 aromatic carbocycles. The van der Waals surface area contributed by atoms with Crippen LogP contribution in [0, 0.1) is 6.92 Å². The van der Waals surface area contributed by atoms with Crippen LogP contribution in [0.3, 0.4) is 0 Å². The van der Waals surface area contributed by atoms with Gasteiger partial charge in [-0.3, -0.25) is 9.59 Å². The number of hydrogen-bond donors (Lipinski definition) is 1. The maximum absolute atomic E-state index is 13.6. The number of carbonyl (C=O) groups excluding carboxylic acids is 1. The molecule has 2 heterocycles. The first kappa shape index (κ1) is 27.6. The zero-order valence-corrected chi connectivity index (χ0v) is 22.8. The van der Waals surface area contributed by atoms with Gasteiger partial charge >= 0.3 is 6.18 Å². The number of amides is 1. The highest BCUT2D eigenvalue weighted by Crippen LogP contribution is 2.32. The van der Waals surface area contributed by atoms with Gasteiger partial charge in [-0.2, -0.15) is 22.9 Å². The van der Waals surface area contributed by atoms with Crippen molar-refractivity contribution in [1.82, 2.24) is 14.2 Å². The second-order valence-electron chi connectivity index (χ2n) is 9.91. The number of aromatic nitrogens is 3. The molecule has 1 amide bonds. The molecule has 0 aliphatic carbocycles. The second kappa shape index (κ2) is 11.1. The molecule has 0 aliphatic rings. The molecule has 0 unspecified atom stereocenters. The molecular weight excluding hydrogens is 555 g/mol. The Kier molecular flexibility index (Phi) is 7.11. The molecule has 0 saturated carbocycles. The molecule has 6 aromatic rings. The van der Waals surface area contributed by atoms with E-state index in [1.54, 1.807) is 36.4 Å². The molecule has 6 rings (SSSR count). The molecule has 1 N–H and O–H groups in total. The number of para-hydroxylation sites is 3. The van der Waals surface area contributed by atoms with Gasteiger partial charge in [-0.05, 0) is 49.4 Å². The first-order chi connectivity index (χ1) is 20.7. The topological polar surface area (TPSA) is 81.3 Å². The lowest BCUT2D eigenvalue weighted by Crippen LogP contribution is -2.21. The van der Waals surface area contributed by atoms with Crippen molar-refractivity contribution in [2.45, 2.75) is 19.6 Å². The van der Waals surface area contributed by atoms with Gasteiger partial charge in [0.05, 0.1) is 22.7 Å². The fourth-order valence-corrected chi connectivity index (χ4v) is 5.06. The molecule has 10 heteroatoms. The van der Waals surface area contributed by atoms with Gasteiger partial charge in [-0.15, -0.1) is 0 Å². The largest absolute Gasteiger partial charge is 0.416 e. The van der Waals surface area contributed by atoms with E-state index in [0.717, 1.165) is 33.4 Å². The van der Waals surface area contributed by atoms with E-state index >= 15 is 0 Å². The maximum atomic E-state index is 13.6. The lowest BCUT2D eigenvalue weighted by atomic mass is 10.1. The summed E-state index contributed by atoms with van der Waals surface area (Å²) in [4.78, 5) is 31.1. The zero-order chi connectivity index (χ0) is 30.1. The first-order valence-corrected chi connectivity index (χ1v) is 13.4. The van der Waals surface area contributed by atoms with Crippen LogP contribution < -0.4 is 10.9 Å². The molecular formula is C33H24F3N5O2. The highest BCUT2D eigenvalue weighted by atomic mass is 19.4. The fraction of sp³-hybridized carbons (Fsp3) is 0.0909. The Bertz CT molecular complexity index is 2080. The highest BCUT2D eigenvalue weighted by Gasteiger charge is 2.31. The summed E-state index contributed by atoms with van der Waals surface area (Å²) in [6.07, 6.45) is -3.09. The van der Waals surface area contributed by atoms with Gasteiger partial charge in [0, 0.05) is 33.4 Å². The van der Waals surface area contributed by atoms with Gasteiger partial charge in [-0.1, -0.05) is 60.7 Å². The SMILES string of the molecule is Cc1c(C=Nn2c(-c3cccc(C(F)(F)F)c3)nc3ccccc3c2=O)c2ccccc2n1CC(=O)Nc1ccccc1. The van der Waals surface area contributed by atoms with Crippen molar-refractivity contribution in [1.29, 1.82) is 0 Å². The minimum absolute atomic E-state index is 0.0298. The van der Waals surface area contributed by atoms with Crippen LogP contribution in [0.2, 0.25) is 0 Å². The quantitative estimate of drug-likeness (QED) is 0.219. The molecule has 0 aliphatic heterocycles. The van der Waals surface area contributed by atoms with Crippen LogP contribution in [0.5, 0.6) is 0 Å². The number of alkyl halides is 3. The summed E-state index contributed by atoms with van der Waals surface area (Å²) in [5.41, 5.74) is 1.86. The van der Waals surface area contributed by atoms with Crippen molar-refractivity contribution >= 4 is 39.6 Å². The average molecular weight is 580 g/mol. The normalized spacial score (nSPS) is 11.9. The smallest absolute Gasteiger partial charge is 0.335 e. The molecule has 2 aromatic heterocycles. The molecule has 0 bridgehead atoms. The number of carbonyl (C=O) groups is 1. The van der Waals surface area contributed by atoms with E-state index in [0.29, 0.717) is 16.8 Å². The summed E-state index contributed by atoms with van der Waals surface area (Å²) < 4.78 is 43.5. The number of hydrogen-bond acceptors (Lipinski definition) is 4. The molecule has 7 nitrogen and oxygen atoms in total. The number of nitrogens with zero attached hydrogens (tertiary/aromatic N) is 4. The number of fused-ring (bicyclic) bond motifs is 2. The van der Waals surface area contributed by atoms with E-state index in [1.165, 1.54) is 18.3 Å². The third-order valence-corrected chi connectivity index (χ3v) is 7.14. The van der Waals surface area contributed by atoms with E-state index in [2.05, 4.69) is 15.4 Å². The summed E-state index contributed by atoms with van der Waals surface area (Å²) in [5, 5.41) is 8.44. The standard InChI is InChI=1S/C33H24F3N5O2/c1-21-27(25-14-6-8-17-29(25)40(21)20-30(42)38-24-12-3-2-4-13-24)19-37-41-31(22-10-9-11-23(18-22)33(34,35)36)39-28-16-7-5-15-26(28)32(41)43/h2-19H,20H2,1H3,(H,38,42). The van der Waals surface area contributed by atoms with E-state index in [1.807, 2.05) is 54.0 Å². The van der Waals surface area contributed by atoms with Crippen LogP contribution in [-0.2, 0) is 17.5 Å². The minimum Gasteiger partial charge on any atom is -0.335 e. The average Bonchev–Trinajstić information content (AvgIpc) is 3.26. The van der Waals surface area contributed by atoms with Crippen LogP contribution in [0.25, 0.3) is 33.2 Å². The Morgan fingerprint density at radius 1 is 0.907 bits per heavy atom. The van der Waals surface area contributed by atoms with E-state index in [9.17, 15) is 22.8 Å². The molecule has 0 atom stereocenters. The summed E-state index contributed by atoms with van der Waals surface area (Å²) in [7, 11) is 0. The van der Waals surface area contributed by atoms with Crippen molar-refractivity contribution in [2.75, 3.05) is 5.32 Å². The molecule has 0 radical (unpaired) electrons. The first-order valence-electron chi connectivity index (χ1n) is 13.4. The van der Waals surface area contributed by atoms with Gasteiger partial charge in [0.2, 0.25) is 5.91 Å². The Morgan fingerprint density at radius 3 is 2.37 bits per heavy atom. The van der Waals surface area contributed by atoms with Crippen molar-refractivity contribution in [3.05, 3.63) is 130 Å². The summed E-state index contributed by atoms with van der Waals surface area (Å²) in [6, 6.07) is 27.8. The maximum Gasteiger partial charge on any atom is 0.416 e. The predicted molar refractivity (Wildman–Crippen MR) is 161 cm³/mol. The summed E-state index contributed by atoms with van der Waals surface area (Å²) in [6.45, 7) is 1.87. The van der Waals surface area contributed by atoms with Gasteiger partial charge in [0.1, 0.15) is 6.54 Å². The second-order valence-corrected chi connectivity index (χ2v) is 9.91. The van der Waals surface area contributed by atoms with Gasteiger partial charge < -0.3 is 9.88 Å². The molecule has 214 valence electrons. The Hall–Kier alpha value is -5.51. The van der Waals surface area contributed by atoms with Crippen molar-refractivity contribution < 1.29 is 18.0 Å². The minimum atomic E-state index is -4.58. The van der Waals surface area contributed by atoms with Crippen LogP contribution in [0.1, 0.15) is 16.8 Å². The lowest BCUT2D eigenvalue weighted by Gasteiger charge is -2.12. The van der Waals surface area contributed by atoms with Crippen LogP contribution in [0.4, 0.5) is 18.9 Å². The number of rotatable bonds is 6. The van der Waals surface area contributed by atoms with Gasteiger partial charge in [0.25, 0.3) is 5.56 Å². The summed E-state index contributed by atoms with van der Waals surface area (Å²) in [5.74, 6) is -0.255. The third kappa shape index (κ3) is 5.42. The van der Waals surface area contributed by atoms with Crippen LogP contribution >= 0.6 is 0 Å². The van der Waals surface area contributed by atoms with Crippen molar-refractivity contribution in [3.63, 3.8) is 0 Å². The Morgan fingerprint density at radius 2 is 1.60 bits per heavy atom. The monoisotopic (exact) mass is 579 g/mol. The fourth-order valence-electron chi connectivity index (χ4n) is 5.06. The molecule has 43 heavy (non-hydrogen) atoms. The number of benzene rings is 4. The van der Waals surface area contributed by atoms with Crippen molar-refractivity contribution in [3.8, 4) is 11.4 Å². The predicted octanol–water partition coefficient (Wildman–Crippen LogP) is 6.87. The Labute approximate surface area is 243 Å². The number of nitrogens with one attached hydrogen (secondary N) is 1.